The van der Waals surface area contributed by atoms with Gasteiger partial charge in [-0.1, -0.05) is 35.3 Å². The maximum atomic E-state index is 10.1. The molecule has 1 aliphatic carbocycles. The highest BCUT2D eigenvalue weighted by molar-refractivity contribution is 7.97. The first kappa shape index (κ1) is 24.3. The maximum Gasteiger partial charge on any atom is 0.316 e. The molecule has 1 aromatic heterocycles. The van der Waals surface area contributed by atoms with Crippen molar-refractivity contribution in [2.24, 2.45) is 5.14 Å². The van der Waals surface area contributed by atoms with Crippen LogP contribution in [0.25, 0.3) is 22.8 Å². The quantitative estimate of drug-likeness (QED) is 0.418. The molecule has 3 aromatic rings. The predicted octanol–water partition coefficient (Wildman–Crippen LogP) is 4.32. The summed E-state index contributed by atoms with van der Waals surface area (Å²) in [6, 6.07) is 13.8. The van der Waals surface area contributed by atoms with Crippen molar-refractivity contribution in [2.45, 2.75) is 39.2 Å². The Balaban J connectivity index is 0.000000383. The highest BCUT2D eigenvalue weighted by Gasteiger charge is 2.20. The second-order valence-corrected chi connectivity index (χ2v) is 8.22. The largest absolute Gasteiger partial charge is 0.490 e. The lowest BCUT2D eigenvalue weighted by Crippen LogP contribution is -2.06. The fourth-order valence-corrected chi connectivity index (χ4v) is 3.77. The number of carbonyl (C=O) groups is 1. The van der Waals surface area contributed by atoms with Crippen LogP contribution in [0.15, 0.2) is 40.9 Å². The fraction of sp³-hybridized carbons (Fsp3) is 0.333. The lowest BCUT2D eigenvalue weighted by molar-refractivity contribution is -0.137. The third-order valence-electron chi connectivity index (χ3n) is 4.95. The molecule has 0 fully saturated rings. The minimum atomic E-state index is -0.285. The lowest BCUT2D eigenvalue weighted by Gasteiger charge is -2.11. The average molecular weight is 467 g/mol. The topological polar surface area (TPSA) is 124 Å². The first-order chi connectivity index (χ1) is 16.0. The zero-order valence-electron chi connectivity index (χ0n) is 18.8. The third kappa shape index (κ3) is 6.12. The molecule has 8 nitrogen and oxygen atoms in total. The number of nitrogens with two attached hydrogens (primary N) is 1. The number of benzene rings is 2. The Labute approximate surface area is 197 Å². The van der Waals surface area contributed by atoms with Gasteiger partial charge in [0.2, 0.25) is 5.82 Å². The Morgan fingerprint density at radius 3 is 2.79 bits per heavy atom. The number of aryl methyl sites for hydroxylation is 1. The number of ether oxygens (including phenoxy) is 2. The number of esters is 1. The minimum absolute atomic E-state index is 0.00290. The molecule has 4 rings (SSSR count). The molecule has 0 saturated heterocycles. The number of fused-ring (bicyclic) bond motifs is 1. The van der Waals surface area contributed by atoms with Gasteiger partial charge in [-0.2, -0.15) is 10.2 Å². The molecular weight excluding hydrogens is 440 g/mol. The van der Waals surface area contributed by atoms with Gasteiger partial charge in [-0.05, 0) is 62.4 Å². The van der Waals surface area contributed by atoms with E-state index in [1.54, 1.807) is 12.1 Å². The van der Waals surface area contributed by atoms with Crippen molar-refractivity contribution in [3.8, 4) is 34.7 Å². The average Bonchev–Trinajstić information content (AvgIpc) is 3.49. The number of aromatic nitrogens is 2. The molecule has 172 valence electrons. The standard InChI is InChI=1S/C21H19N3O2.C3H7NO2S/c1-13(2)25-19-10-9-15(11-16(19)12-22)21-23-20(24-26-21)18-8-4-6-14-5-3-7-17(14)18;1-6-3(5)2-7-4/h4,6,8-11,13H,3,5,7H2,1-2H3;2,4H2,1H3. The Bertz CT molecular complexity index is 1150. The van der Waals surface area contributed by atoms with Gasteiger partial charge in [-0.3, -0.25) is 9.93 Å². The first-order valence-corrected chi connectivity index (χ1v) is 11.6. The van der Waals surface area contributed by atoms with Crippen molar-refractivity contribution in [2.75, 3.05) is 12.9 Å². The summed E-state index contributed by atoms with van der Waals surface area (Å²) in [5.41, 5.74) is 4.89. The number of hydrogen-bond acceptors (Lipinski definition) is 9. The molecule has 1 heterocycles. The Hall–Kier alpha value is -3.35. The summed E-state index contributed by atoms with van der Waals surface area (Å²) < 4.78 is 15.4. The Morgan fingerprint density at radius 1 is 1.30 bits per heavy atom. The highest BCUT2D eigenvalue weighted by atomic mass is 32.2. The van der Waals surface area contributed by atoms with Gasteiger partial charge < -0.3 is 14.0 Å². The van der Waals surface area contributed by atoms with Crippen molar-refractivity contribution >= 4 is 17.9 Å². The van der Waals surface area contributed by atoms with Gasteiger partial charge in [0.1, 0.15) is 17.6 Å². The van der Waals surface area contributed by atoms with E-state index >= 15 is 0 Å². The van der Waals surface area contributed by atoms with Crippen molar-refractivity contribution in [1.82, 2.24) is 10.1 Å². The van der Waals surface area contributed by atoms with Gasteiger partial charge in [0.25, 0.3) is 5.89 Å². The zero-order valence-corrected chi connectivity index (χ0v) is 19.6. The van der Waals surface area contributed by atoms with E-state index in [4.69, 9.17) is 14.4 Å². The van der Waals surface area contributed by atoms with E-state index in [1.165, 1.54) is 24.7 Å². The molecule has 33 heavy (non-hydrogen) atoms. The van der Waals surface area contributed by atoms with E-state index < -0.39 is 0 Å². The summed E-state index contributed by atoms with van der Waals surface area (Å²) in [5, 5.41) is 18.5. The smallest absolute Gasteiger partial charge is 0.316 e. The molecule has 0 saturated carbocycles. The van der Waals surface area contributed by atoms with Crippen LogP contribution in [0.5, 0.6) is 5.75 Å². The SMILES string of the molecule is CC(C)Oc1ccc(-c2nc(-c3cccc4c3CCC4)no2)cc1C#N.COC(=O)CSN. The minimum Gasteiger partial charge on any atom is -0.490 e. The predicted molar refractivity (Wildman–Crippen MR) is 126 cm³/mol. The summed E-state index contributed by atoms with van der Waals surface area (Å²) in [6.07, 6.45) is 3.33. The van der Waals surface area contributed by atoms with Gasteiger partial charge >= 0.3 is 5.97 Å². The number of carbonyl (C=O) groups excluding carboxylic acids is 1. The Kier molecular flexibility index (Phi) is 8.46. The summed E-state index contributed by atoms with van der Waals surface area (Å²) in [6.45, 7) is 3.86. The molecule has 0 atom stereocenters. The van der Waals surface area contributed by atoms with Crippen molar-refractivity contribution in [3.63, 3.8) is 0 Å². The molecule has 0 amide bonds. The van der Waals surface area contributed by atoms with Crippen LogP contribution in [0.2, 0.25) is 0 Å². The molecule has 0 radical (unpaired) electrons. The maximum absolute atomic E-state index is 10.1. The Morgan fingerprint density at radius 2 is 2.12 bits per heavy atom. The van der Waals surface area contributed by atoms with Crippen LogP contribution >= 0.6 is 11.9 Å². The number of hydrogen-bond donors (Lipinski definition) is 1. The molecule has 1 aliphatic rings. The molecular formula is C24H26N4O4S. The van der Waals surface area contributed by atoms with Crippen LogP contribution in [0, 0.1) is 11.3 Å². The van der Waals surface area contributed by atoms with Crippen molar-refractivity contribution in [1.29, 1.82) is 5.26 Å². The van der Waals surface area contributed by atoms with E-state index in [0.717, 1.165) is 30.4 Å². The second-order valence-electron chi connectivity index (χ2n) is 7.60. The summed E-state index contributed by atoms with van der Waals surface area (Å²) in [7, 11) is 1.33. The van der Waals surface area contributed by atoms with Crippen LogP contribution < -0.4 is 9.88 Å². The monoisotopic (exact) mass is 466 g/mol. The molecule has 2 N–H and O–H groups in total. The first-order valence-electron chi connectivity index (χ1n) is 10.5. The molecule has 0 bridgehead atoms. The van der Waals surface area contributed by atoms with E-state index in [1.807, 2.05) is 32.0 Å². The van der Waals surface area contributed by atoms with Crippen LogP contribution in [-0.2, 0) is 22.4 Å². The second kappa shape index (κ2) is 11.5. The van der Waals surface area contributed by atoms with Crippen LogP contribution in [0.1, 0.15) is 37.0 Å². The van der Waals surface area contributed by atoms with Gasteiger partial charge in [-0.25, -0.2) is 0 Å². The summed E-state index contributed by atoms with van der Waals surface area (Å²) >= 11 is 0.960. The summed E-state index contributed by atoms with van der Waals surface area (Å²) in [5.74, 6) is 1.51. The number of rotatable bonds is 6. The summed E-state index contributed by atoms with van der Waals surface area (Å²) in [4.78, 5) is 14.7. The van der Waals surface area contributed by atoms with Gasteiger partial charge in [0.15, 0.2) is 0 Å². The normalized spacial score (nSPS) is 11.9. The molecule has 9 heteroatoms. The van der Waals surface area contributed by atoms with Crippen LogP contribution in [-0.4, -0.2) is 35.1 Å². The van der Waals surface area contributed by atoms with Gasteiger partial charge in [-0.15, -0.1) is 0 Å². The van der Waals surface area contributed by atoms with Crippen molar-refractivity contribution in [3.05, 3.63) is 53.1 Å². The van der Waals surface area contributed by atoms with Crippen LogP contribution in [0.3, 0.4) is 0 Å². The van der Waals surface area contributed by atoms with Crippen LogP contribution in [0.4, 0.5) is 0 Å². The third-order valence-corrected chi connectivity index (χ3v) is 5.35. The fourth-order valence-electron chi connectivity index (χ4n) is 3.51. The van der Waals surface area contributed by atoms with E-state index in [2.05, 4.69) is 27.0 Å². The zero-order chi connectivity index (χ0) is 23.8. The van der Waals surface area contributed by atoms with E-state index in [-0.39, 0.29) is 17.8 Å². The highest BCUT2D eigenvalue weighted by Crippen LogP contribution is 2.32. The molecule has 0 unspecified atom stereocenters. The molecule has 0 spiro atoms. The van der Waals surface area contributed by atoms with Gasteiger partial charge in [0, 0.05) is 11.1 Å². The van der Waals surface area contributed by atoms with Gasteiger partial charge in [0.05, 0.1) is 18.8 Å². The van der Waals surface area contributed by atoms with Crippen molar-refractivity contribution < 1.29 is 18.8 Å². The lowest BCUT2D eigenvalue weighted by atomic mass is 10.0. The number of nitriles is 1. The van der Waals surface area contributed by atoms with E-state index in [0.29, 0.717) is 28.6 Å². The molecule has 2 aromatic carbocycles. The van der Waals surface area contributed by atoms with E-state index in [9.17, 15) is 10.1 Å². The number of nitrogens with zero attached hydrogens (tertiary/aromatic N) is 3. The molecule has 0 aliphatic heterocycles. The number of methoxy groups -OCH3 is 1.